The molecule has 0 aromatic carbocycles. The molecule has 1 amide bonds. The van der Waals surface area contributed by atoms with Gasteiger partial charge in [0.05, 0.1) is 11.3 Å². The van der Waals surface area contributed by atoms with Crippen molar-refractivity contribution in [2.24, 2.45) is 7.05 Å². The van der Waals surface area contributed by atoms with Crippen LogP contribution < -0.4 is 5.32 Å². The molecule has 0 aliphatic carbocycles. The summed E-state index contributed by atoms with van der Waals surface area (Å²) in [5.41, 5.74) is 0.742. The SMILES string of the molecule is Cc1nn(C)cc1C(=O)NC(CCC(=O)O)C(=O)O. The molecule has 0 fully saturated rings. The predicted molar refractivity (Wildman–Crippen MR) is 63.7 cm³/mol. The number of nitrogens with one attached hydrogen (secondary N) is 1. The van der Waals surface area contributed by atoms with Crippen molar-refractivity contribution in [3.63, 3.8) is 0 Å². The van der Waals surface area contributed by atoms with E-state index in [4.69, 9.17) is 10.2 Å². The molecule has 8 heteroatoms. The quantitative estimate of drug-likeness (QED) is 0.656. The summed E-state index contributed by atoms with van der Waals surface area (Å²) in [6.45, 7) is 1.63. The van der Waals surface area contributed by atoms with Gasteiger partial charge in [-0.25, -0.2) is 4.79 Å². The lowest BCUT2D eigenvalue weighted by Crippen LogP contribution is -2.41. The average molecular weight is 269 g/mol. The molecule has 1 heterocycles. The average Bonchev–Trinajstić information content (AvgIpc) is 2.62. The van der Waals surface area contributed by atoms with Crippen LogP contribution >= 0.6 is 0 Å². The molecule has 0 aliphatic heterocycles. The molecule has 1 atom stereocenters. The zero-order chi connectivity index (χ0) is 14.6. The molecule has 0 spiro atoms. The highest BCUT2D eigenvalue weighted by Crippen LogP contribution is 2.06. The molecule has 1 aromatic heterocycles. The first-order chi connectivity index (χ1) is 8.81. The highest BCUT2D eigenvalue weighted by molar-refractivity contribution is 5.97. The van der Waals surface area contributed by atoms with Crippen LogP contribution in [0.1, 0.15) is 28.9 Å². The highest BCUT2D eigenvalue weighted by Gasteiger charge is 2.23. The minimum Gasteiger partial charge on any atom is -0.481 e. The third kappa shape index (κ3) is 4.09. The smallest absolute Gasteiger partial charge is 0.326 e. The minimum absolute atomic E-state index is 0.171. The number of hydrogen-bond acceptors (Lipinski definition) is 4. The van der Waals surface area contributed by atoms with E-state index < -0.39 is 23.9 Å². The first-order valence-corrected chi connectivity index (χ1v) is 5.57. The Kier molecular flexibility index (Phi) is 4.62. The fraction of sp³-hybridized carbons (Fsp3) is 0.455. The van der Waals surface area contributed by atoms with Gasteiger partial charge in [0.2, 0.25) is 0 Å². The van der Waals surface area contributed by atoms with Gasteiger partial charge < -0.3 is 15.5 Å². The largest absolute Gasteiger partial charge is 0.481 e. The molecule has 1 unspecified atom stereocenters. The number of aromatic nitrogens is 2. The summed E-state index contributed by atoms with van der Waals surface area (Å²) in [5, 5.41) is 23.7. The highest BCUT2D eigenvalue weighted by atomic mass is 16.4. The van der Waals surface area contributed by atoms with Gasteiger partial charge in [0.1, 0.15) is 6.04 Å². The zero-order valence-electron chi connectivity index (χ0n) is 10.6. The van der Waals surface area contributed by atoms with Crippen LogP contribution in [-0.2, 0) is 16.6 Å². The third-order valence-corrected chi connectivity index (χ3v) is 2.51. The molecule has 0 aliphatic rings. The number of carbonyl (C=O) groups excluding carboxylic acids is 1. The van der Waals surface area contributed by atoms with Gasteiger partial charge in [-0.05, 0) is 13.3 Å². The summed E-state index contributed by atoms with van der Waals surface area (Å²) in [6, 6.07) is -1.23. The zero-order valence-corrected chi connectivity index (χ0v) is 10.6. The number of aryl methyl sites for hydroxylation is 2. The van der Waals surface area contributed by atoms with Crippen LogP contribution in [0.15, 0.2) is 6.20 Å². The second-order valence-corrected chi connectivity index (χ2v) is 4.10. The second-order valence-electron chi connectivity index (χ2n) is 4.10. The maximum absolute atomic E-state index is 11.9. The van der Waals surface area contributed by atoms with Gasteiger partial charge in [-0.15, -0.1) is 0 Å². The van der Waals surface area contributed by atoms with Crippen LogP contribution in [0.2, 0.25) is 0 Å². The van der Waals surface area contributed by atoms with Gasteiger partial charge in [-0.2, -0.15) is 5.10 Å². The number of rotatable bonds is 6. The summed E-state index contributed by atoms with van der Waals surface area (Å²) in [6.07, 6.45) is 0.972. The maximum atomic E-state index is 11.9. The molecule has 19 heavy (non-hydrogen) atoms. The van der Waals surface area contributed by atoms with E-state index in [9.17, 15) is 14.4 Å². The van der Waals surface area contributed by atoms with Crippen molar-refractivity contribution < 1.29 is 24.6 Å². The second kappa shape index (κ2) is 5.98. The number of nitrogens with zero attached hydrogens (tertiary/aromatic N) is 2. The lowest BCUT2D eigenvalue weighted by Gasteiger charge is -2.12. The number of amides is 1. The van der Waals surface area contributed by atoms with Gasteiger partial charge in [0, 0.05) is 19.7 Å². The Bertz CT molecular complexity index is 508. The maximum Gasteiger partial charge on any atom is 0.326 e. The summed E-state index contributed by atoms with van der Waals surface area (Å²) in [5.74, 6) is -2.96. The number of carboxylic acids is 2. The first-order valence-electron chi connectivity index (χ1n) is 5.57. The van der Waals surface area contributed by atoms with E-state index in [2.05, 4.69) is 10.4 Å². The van der Waals surface area contributed by atoms with E-state index in [0.717, 1.165) is 0 Å². The van der Waals surface area contributed by atoms with Crippen LogP contribution in [0.3, 0.4) is 0 Å². The van der Waals surface area contributed by atoms with Crippen molar-refractivity contribution in [3.8, 4) is 0 Å². The Balaban J connectivity index is 2.74. The Hall–Kier alpha value is -2.38. The fourth-order valence-corrected chi connectivity index (χ4v) is 1.58. The van der Waals surface area contributed by atoms with Gasteiger partial charge >= 0.3 is 11.9 Å². The molecule has 3 N–H and O–H groups in total. The summed E-state index contributed by atoms with van der Waals surface area (Å²) >= 11 is 0. The third-order valence-electron chi connectivity index (χ3n) is 2.51. The van der Waals surface area contributed by atoms with Crippen molar-refractivity contribution >= 4 is 17.8 Å². The van der Waals surface area contributed by atoms with Crippen molar-refractivity contribution in [2.75, 3.05) is 0 Å². The summed E-state index contributed by atoms with van der Waals surface area (Å²) in [7, 11) is 1.64. The molecular weight excluding hydrogens is 254 g/mol. The molecule has 1 aromatic rings. The van der Waals surface area contributed by atoms with Crippen molar-refractivity contribution in [2.45, 2.75) is 25.8 Å². The standard InChI is InChI=1S/C11H15N3O5/c1-6-7(5-14(2)13-6)10(17)12-8(11(18)19)3-4-9(15)16/h5,8H,3-4H2,1-2H3,(H,12,17)(H,15,16)(H,18,19). The Labute approximate surface area is 109 Å². The molecule has 0 saturated carbocycles. The number of carboxylic acid groups (broad SMARTS) is 2. The Morgan fingerprint density at radius 3 is 2.47 bits per heavy atom. The van der Waals surface area contributed by atoms with E-state index in [1.54, 1.807) is 14.0 Å². The van der Waals surface area contributed by atoms with Gasteiger partial charge in [-0.1, -0.05) is 0 Å². The fourth-order valence-electron chi connectivity index (χ4n) is 1.58. The monoisotopic (exact) mass is 269 g/mol. The van der Waals surface area contributed by atoms with Crippen LogP contribution in [-0.4, -0.2) is 43.9 Å². The number of hydrogen-bond donors (Lipinski definition) is 3. The van der Waals surface area contributed by atoms with E-state index in [1.807, 2.05) is 0 Å². The van der Waals surface area contributed by atoms with Crippen LogP contribution in [0.5, 0.6) is 0 Å². The normalized spacial score (nSPS) is 11.9. The molecule has 1 rings (SSSR count). The van der Waals surface area contributed by atoms with Crippen LogP contribution in [0.4, 0.5) is 0 Å². The number of carbonyl (C=O) groups is 3. The predicted octanol–water partition coefficient (Wildman–Crippen LogP) is -0.224. The Morgan fingerprint density at radius 2 is 2.05 bits per heavy atom. The van der Waals surface area contributed by atoms with Crippen molar-refractivity contribution in [1.82, 2.24) is 15.1 Å². The van der Waals surface area contributed by atoms with Crippen molar-refractivity contribution in [3.05, 3.63) is 17.5 Å². The van der Waals surface area contributed by atoms with E-state index in [-0.39, 0.29) is 18.4 Å². The van der Waals surface area contributed by atoms with Gasteiger partial charge in [0.15, 0.2) is 0 Å². The molecular formula is C11H15N3O5. The topological polar surface area (TPSA) is 122 Å². The van der Waals surface area contributed by atoms with E-state index in [0.29, 0.717) is 5.69 Å². The summed E-state index contributed by atoms with van der Waals surface area (Å²) < 4.78 is 1.44. The first kappa shape index (κ1) is 14.7. The molecule has 104 valence electrons. The van der Waals surface area contributed by atoms with Gasteiger partial charge in [-0.3, -0.25) is 14.3 Å². The minimum atomic E-state index is -1.27. The molecule has 0 saturated heterocycles. The molecule has 0 radical (unpaired) electrons. The van der Waals surface area contributed by atoms with Crippen LogP contribution in [0.25, 0.3) is 0 Å². The summed E-state index contributed by atoms with van der Waals surface area (Å²) in [4.78, 5) is 33.2. The van der Waals surface area contributed by atoms with Crippen molar-refractivity contribution in [1.29, 1.82) is 0 Å². The molecule has 8 nitrogen and oxygen atoms in total. The van der Waals surface area contributed by atoms with E-state index >= 15 is 0 Å². The van der Waals surface area contributed by atoms with Crippen LogP contribution in [0, 0.1) is 6.92 Å². The molecule has 0 bridgehead atoms. The van der Waals surface area contributed by atoms with E-state index in [1.165, 1.54) is 10.9 Å². The van der Waals surface area contributed by atoms with Gasteiger partial charge in [0.25, 0.3) is 5.91 Å². The number of aliphatic carboxylic acids is 2. The Morgan fingerprint density at radius 1 is 1.42 bits per heavy atom. The lowest BCUT2D eigenvalue weighted by molar-refractivity contribution is -0.140. The lowest BCUT2D eigenvalue weighted by atomic mass is 10.1.